The van der Waals surface area contributed by atoms with Gasteiger partial charge in [0.15, 0.2) is 0 Å². The molecular formula is C9H17NOS. The molecule has 0 aliphatic carbocycles. The molecule has 70 valence electrons. The van der Waals surface area contributed by atoms with Crippen LogP contribution in [0.3, 0.4) is 0 Å². The molecule has 0 aromatic rings. The number of piperidine rings is 1. The molecule has 2 nitrogen and oxygen atoms in total. The van der Waals surface area contributed by atoms with E-state index in [9.17, 15) is 5.11 Å². The highest BCUT2D eigenvalue weighted by Crippen LogP contribution is 2.11. The SMILES string of the molecule is C=C(CS)CN1CCCC(O)C1. The molecule has 0 radical (unpaired) electrons. The molecule has 0 saturated carbocycles. The van der Waals surface area contributed by atoms with Gasteiger partial charge in [-0.2, -0.15) is 12.6 Å². The van der Waals surface area contributed by atoms with Gasteiger partial charge in [0.25, 0.3) is 0 Å². The Bertz CT molecular complexity index is 161. The number of rotatable bonds is 3. The molecule has 0 amide bonds. The van der Waals surface area contributed by atoms with E-state index in [4.69, 9.17) is 0 Å². The van der Waals surface area contributed by atoms with Crippen LogP contribution in [-0.4, -0.2) is 41.5 Å². The highest BCUT2D eigenvalue weighted by molar-refractivity contribution is 7.80. The molecular weight excluding hydrogens is 170 g/mol. The first-order chi connectivity index (χ1) is 5.72. The van der Waals surface area contributed by atoms with Gasteiger partial charge in [0.2, 0.25) is 0 Å². The lowest BCUT2D eigenvalue weighted by Crippen LogP contribution is -2.39. The average molecular weight is 187 g/mol. The Hall–Kier alpha value is 0.01000. The lowest BCUT2D eigenvalue weighted by Gasteiger charge is -2.30. The first-order valence-corrected chi connectivity index (χ1v) is 5.03. The number of hydrogen-bond donors (Lipinski definition) is 2. The van der Waals surface area contributed by atoms with E-state index in [0.29, 0.717) is 0 Å². The maximum absolute atomic E-state index is 9.37. The molecule has 1 aliphatic rings. The minimum atomic E-state index is -0.133. The summed E-state index contributed by atoms with van der Waals surface area (Å²) in [5.74, 6) is 0.743. The summed E-state index contributed by atoms with van der Waals surface area (Å²) >= 11 is 4.15. The zero-order valence-electron chi connectivity index (χ0n) is 7.37. The molecule has 0 bridgehead atoms. The Kier molecular flexibility index (Phi) is 4.12. The summed E-state index contributed by atoms with van der Waals surface area (Å²) in [5, 5.41) is 9.37. The molecule has 1 aliphatic heterocycles. The molecule has 1 heterocycles. The number of β-amino-alcohol motifs (C(OH)–C–C–N with tert-alkyl or cyclic N) is 1. The molecule has 12 heavy (non-hydrogen) atoms. The Morgan fingerprint density at radius 3 is 3.00 bits per heavy atom. The Labute approximate surface area is 79.7 Å². The van der Waals surface area contributed by atoms with Crippen LogP contribution in [0.1, 0.15) is 12.8 Å². The van der Waals surface area contributed by atoms with Crippen LogP contribution in [0.4, 0.5) is 0 Å². The summed E-state index contributed by atoms with van der Waals surface area (Å²) in [6.07, 6.45) is 1.91. The van der Waals surface area contributed by atoms with Crippen molar-refractivity contribution in [2.24, 2.45) is 0 Å². The second kappa shape index (κ2) is 4.90. The van der Waals surface area contributed by atoms with Gasteiger partial charge in [-0.25, -0.2) is 0 Å². The van der Waals surface area contributed by atoms with Crippen LogP contribution < -0.4 is 0 Å². The predicted octanol–water partition coefficient (Wildman–Crippen LogP) is 0.929. The lowest BCUT2D eigenvalue weighted by atomic mass is 10.1. The van der Waals surface area contributed by atoms with E-state index in [2.05, 4.69) is 24.1 Å². The van der Waals surface area contributed by atoms with Gasteiger partial charge in [0, 0.05) is 18.8 Å². The molecule has 0 aromatic heterocycles. The Morgan fingerprint density at radius 1 is 1.67 bits per heavy atom. The maximum Gasteiger partial charge on any atom is 0.0667 e. The van der Waals surface area contributed by atoms with Crippen molar-refractivity contribution < 1.29 is 5.11 Å². The Morgan fingerprint density at radius 2 is 2.42 bits per heavy atom. The number of aliphatic hydroxyl groups excluding tert-OH is 1. The van der Waals surface area contributed by atoms with Crippen molar-refractivity contribution in [3.05, 3.63) is 12.2 Å². The molecule has 3 heteroatoms. The molecule has 1 N–H and O–H groups in total. The van der Waals surface area contributed by atoms with Crippen molar-refractivity contribution in [2.45, 2.75) is 18.9 Å². The maximum atomic E-state index is 9.37. The zero-order valence-corrected chi connectivity index (χ0v) is 8.26. The third kappa shape index (κ3) is 3.17. The van der Waals surface area contributed by atoms with Crippen LogP contribution in [0.2, 0.25) is 0 Å². The highest BCUT2D eigenvalue weighted by Gasteiger charge is 2.17. The zero-order chi connectivity index (χ0) is 8.97. The fourth-order valence-corrected chi connectivity index (χ4v) is 1.64. The van der Waals surface area contributed by atoms with Gasteiger partial charge in [-0.15, -0.1) is 0 Å². The molecule has 1 atom stereocenters. The predicted molar refractivity (Wildman–Crippen MR) is 54.7 cm³/mol. The van der Waals surface area contributed by atoms with Crippen LogP contribution in [0, 0.1) is 0 Å². The van der Waals surface area contributed by atoms with E-state index in [1.54, 1.807) is 0 Å². The standard InChI is InChI=1S/C9H17NOS/c1-8(7-12)5-10-4-2-3-9(11)6-10/h9,11-12H,1-7H2. The molecule has 1 fully saturated rings. The number of aliphatic hydroxyl groups is 1. The summed E-state index contributed by atoms with van der Waals surface area (Å²) in [6.45, 7) is 6.67. The van der Waals surface area contributed by atoms with Crippen molar-refractivity contribution in [3.63, 3.8) is 0 Å². The Balaban J connectivity index is 2.27. The van der Waals surface area contributed by atoms with Gasteiger partial charge in [-0.3, -0.25) is 4.90 Å². The summed E-state index contributed by atoms with van der Waals surface area (Å²) in [4.78, 5) is 2.24. The van der Waals surface area contributed by atoms with Gasteiger partial charge in [-0.1, -0.05) is 12.2 Å². The normalized spacial score (nSPS) is 25.7. The van der Waals surface area contributed by atoms with E-state index >= 15 is 0 Å². The third-order valence-electron chi connectivity index (χ3n) is 2.15. The summed E-state index contributed by atoms with van der Waals surface area (Å²) < 4.78 is 0. The molecule has 0 aromatic carbocycles. The van der Waals surface area contributed by atoms with Crippen LogP contribution >= 0.6 is 12.6 Å². The number of hydrogen-bond acceptors (Lipinski definition) is 3. The van der Waals surface area contributed by atoms with Crippen LogP contribution in [0.15, 0.2) is 12.2 Å². The topological polar surface area (TPSA) is 23.5 Å². The minimum Gasteiger partial charge on any atom is -0.392 e. The van der Waals surface area contributed by atoms with E-state index in [-0.39, 0.29) is 6.10 Å². The van der Waals surface area contributed by atoms with Crippen molar-refractivity contribution >= 4 is 12.6 Å². The van der Waals surface area contributed by atoms with Gasteiger partial charge in [0.1, 0.15) is 0 Å². The quantitative estimate of drug-likeness (QED) is 0.507. The average Bonchev–Trinajstić information content (AvgIpc) is 2.04. The van der Waals surface area contributed by atoms with Crippen LogP contribution in [0.25, 0.3) is 0 Å². The van der Waals surface area contributed by atoms with Crippen molar-refractivity contribution in [3.8, 4) is 0 Å². The molecule has 1 saturated heterocycles. The molecule has 0 spiro atoms. The fraction of sp³-hybridized carbons (Fsp3) is 0.778. The largest absolute Gasteiger partial charge is 0.392 e. The summed E-state index contributed by atoms with van der Waals surface area (Å²) in [5.41, 5.74) is 1.13. The molecule has 1 rings (SSSR count). The number of likely N-dealkylation sites (tertiary alicyclic amines) is 1. The second-order valence-electron chi connectivity index (χ2n) is 3.44. The van der Waals surface area contributed by atoms with E-state index < -0.39 is 0 Å². The van der Waals surface area contributed by atoms with Gasteiger partial charge in [-0.05, 0) is 19.4 Å². The van der Waals surface area contributed by atoms with Gasteiger partial charge in [0.05, 0.1) is 6.10 Å². The monoisotopic (exact) mass is 187 g/mol. The first kappa shape index (κ1) is 10.1. The van der Waals surface area contributed by atoms with Crippen molar-refractivity contribution in [1.82, 2.24) is 4.90 Å². The summed E-state index contributed by atoms with van der Waals surface area (Å²) in [6, 6.07) is 0. The number of nitrogens with zero attached hydrogens (tertiary/aromatic N) is 1. The highest BCUT2D eigenvalue weighted by atomic mass is 32.1. The van der Waals surface area contributed by atoms with Crippen LogP contribution in [0.5, 0.6) is 0 Å². The second-order valence-corrected chi connectivity index (χ2v) is 3.76. The third-order valence-corrected chi connectivity index (χ3v) is 2.60. The summed E-state index contributed by atoms with van der Waals surface area (Å²) in [7, 11) is 0. The first-order valence-electron chi connectivity index (χ1n) is 4.40. The van der Waals surface area contributed by atoms with Crippen LogP contribution in [-0.2, 0) is 0 Å². The van der Waals surface area contributed by atoms with Crippen molar-refractivity contribution in [2.75, 3.05) is 25.4 Å². The molecule has 1 unspecified atom stereocenters. The van der Waals surface area contributed by atoms with Crippen molar-refractivity contribution in [1.29, 1.82) is 0 Å². The van der Waals surface area contributed by atoms with Gasteiger partial charge < -0.3 is 5.11 Å². The van der Waals surface area contributed by atoms with Gasteiger partial charge >= 0.3 is 0 Å². The van der Waals surface area contributed by atoms with E-state index in [1.165, 1.54) is 0 Å². The van der Waals surface area contributed by atoms with E-state index in [0.717, 1.165) is 43.8 Å². The van der Waals surface area contributed by atoms with E-state index in [1.807, 2.05) is 0 Å². The minimum absolute atomic E-state index is 0.133. The fourth-order valence-electron chi connectivity index (χ4n) is 1.54. The lowest BCUT2D eigenvalue weighted by molar-refractivity contribution is 0.0759. The number of thiol groups is 1. The smallest absolute Gasteiger partial charge is 0.0667 e.